The first-order valence-corrected chi connectivity index (χ1v) is 8.22. The fourth-order valence-electron chi connectivity index (χ4n) is 4.58. The number of halogens is 1. The molecule has 0 bridgehead atoms. The van der Waals surface area contributed by atoms with E-state index in [4.69, 9.17) is 0 Å². The number of pyridine rings is 1. The van der Waals surface area contributed by atoms with E-state index in [1.165, 1.54) is 50.2 Å². The summed E-state index contributed by atoms with van der Waals surface area (Å²) >= 11 is 0. The van der Waals surface area contributed by atoms with E-state index in [-0.39, 0.29) is 5.82 Å². The summed E-state index contributed by atoms with van der Waals surface area (Å²) in [6.07, 6.45) is 9.91. The Hall–Kier alpha value is -1.44. The van der Waals surface area contributed by atoms with Crippen molar-refractivity contribution in [1.29, 1.82) is 0 Å². The molecule has 4 rings (SSSR count). The van der Waals surface area contributed by atoms with Crippen LogP contribution in [0.5, 0.6) is 0 Å². The topological polar surface area (TPSA) is 12.9 Å². The zero-order valence-corrected chi connectivity index (χ0v) is 12.6. The first kappa shape index (κ1) is 13.2. The molecule has 0 saturated heterocycles. The molecule has 0 N–H and O–H groups in total. The molecule has 0 radical (unpaired) electrons. The first-order chi connectivity index (χ1) is 10.2. The Labute approximate surface area is 125 Å². The molecular weight excluding hydrogens is 261 g/mol. The van der Waals surface area contributed by atoms with Gasteiger partial charge in [-0.25, -0.2) is 4.39 Å². The van der Waals surface area contributed by atoms with Crippen LogP contribution in [0.25, 0.3) is 10.9 Å². The van der Waals surface area contributed by atoms with E-state index in [2.05, 4.69) is 18.0 Å². The molecule has 2 aliphatic rings. The number of aromatic nitrogens is 1. The third-order valence-electron chi connectivity index (χ3n) is 6.28. The van der Waals surface area contributed by atoms with Gasteiger partial charge in [0.25, 0.3) is 0 Å². The van der Waals surface area contributed by atoms with Crippen molar-refractivity contribution in [3.63, 3.8) is 0 Å². The van der Waals surface area contributed by atoms with E-state index < -0.39 is 0 Å². The monoisotopic (exact) mass is 283 g/mol. The quantitative estimate of drug-likeness (QED) is 0.678. The lowest BCUT2D eigenvalue weighted by Crippen LogP contribution is -2.41. The van der Waals surface area contributed by atoms with Crippen molar-refractivity contribution in [1.82, 2.24) is 4.98 Å². The molecule has 2 aliphatic carbocycles. The van der Waals surface area contributed by atoms with Crippen LogP contribution in [0.15, 0.2) is 30.5 Å². The Bertz CT molecular complexity index is 670. The summed E-state index contributed by atoms with van der Waals surface area (Å²) in [5.74, 6) is 1.33. The average Bonchev–Trinajstić information content (AvgIpc) is 2.53. The number of nitrogens with zero attached hydrogens (tertiary/aromatic N) is 1. The van der Waals surface area contributed by atoms with Gasteiger partial charge in [0.1, 0.15) is 5.82 Å². The number of hydrogen-bond donors (Lipinski definition) is 0. The number of benzene rings is 1. The van der Waals surface area contributed by atoms with Crippen LogP contribution in [-0.4, -0.2) is 4.98 Å². The molecule has 1 aromatic heterocycles. The maximum atomic E-state index is 13.6. The highest BCUT2D eigenvalue weighted by Crippen LogP contribution is 2.58. The molecule has 0 amide bonds. The van der Waals surface area contributed by atoms with Gasteiger partial charge in [-0.15, -0.1) is 0 Å². The summed E-state index contributed by atoms with van der Waals surface area (Å²) in [5.41, 5.74) is 2.87. The van der Waals surface area contributed by atoms with Crippen molar-refractivity contribution >= 4 is 10.9 Å². The molecular formula is C19H22FN. The fourth-order valence-corrected chi connectivity index (χ4v) is 4.58. The molecule has 1 unspecified atom stereocenters. The van der Waals surface area contributed by atoms with Crippen LogP contribution in [0.3, 0.4) is 0 Å². The van der Waals surface area contributed by atoms with Gasteiger partial charge in [-0.1, -0.05) is 6.92 Å². The van der Waals surface area contributed by atoms with Crippen LogP contribution in [0.1, 0.15) is 56.9 Å². The fraction of sp³-hybridized carbons (Fsp3) is 0.526. The minimum absolute atomic E-state index is 0.156. The van der Waals surface area contributed by atoms with Gasteiger partial charge in [0, 0.05) is 11.6 Å². The van der Waals surface area contributed by atoms with Gasteiger partial charge in [0.2, 0.25) is 0 Å². The number of hydrogen-bond acceptors (Lipinski definition) is 1. The van der Waals surface area contributed by atoms with Crippen molar-refractivity contribution in [2.75, 3.05) is 0 Å². The van der Waals surface area contributed by atoms with Crippen molar-refractivity contribution in [3.05, 3.63) is 41.8 Å². The van der Waals surface area contributed by atoms with Gasteiger partial charge in [-0.3, -0.25) is 4.98 Å². The molecule has 2 aromatic rings. The van der Waals surface area contributed by atoms with Gasteiger partial charge in [-0.2, -0.15) is 0 Å². The molecule has 1 nitrogen and oxygen atoms in total. The summed E-state index contributed by atoms with van der Waals surface area (Å²) in [4.78, 5) is 4.38. The highest BCUT2D eigenvalue weighted by molar-refractivity contribution is 5.82. The lowest BCUT2D eigenvalue weighted by atomic mass is 9.53. The number of fused-ring (bicyclic) bond motifs is 1. The zero-order valence-electron chi connectivity index (χ0n) is 12.6. The molecule has 1 heterocycles. The molecule has 2 fully saturated rings. The summed E-state index contributed by atoms with van der Waals surface area (Å²) in [6, 6.07) is 7.07. The van der Waals surface area contributed by atoms with Crippen molar-refractivity contribution in [2.45, 2.75) is 51.4 Å². The Balaban J connectivity index is 1.64. The highest BCUT2D eigenvalue weighted by Gasteiger charge is 2.45. The van der Waals surface area contributed by atoms with Crippen LogP contribution in [0.2, 0.25) is 0 Å². The van der Waals surface area contributed by atoms with Gasteiger partial charge >= 0.3 is 0 Å². The largest absolute Gasteiger partial charge is 0.256 e. The van der Waals surface area contributed by atoms with E-state index in [0.29, 0.717) is 11.3 Å². The van der Waals surface area contributed by atoms with Crippen LogP contribution >= 0.6 is 0 Å². The second kappa shape index (κ2) is 4.79. The smallest absolute Gasteiger partial charge is 0.123 e. The Morgan fingerprint density at radius 3 is 2.52 bits per heavy atom. The lowest BCUT2D eigenvalue weighted by molar-refractivity contribution is -0.00224. The Morgan fingerprint density at radius 1 is 1.10 bits per heavy atom. The van der Waals surface area contributed by atoms with E-state index in [0.717, 1.165) is 16.8 Å². The number of rotatable bonds is 1. The summed E-state index contributed by atoms with van der Waals surface area (Å²) in [5, 5.41) is 1.01. The van der Waals surface area contributed by atoms with Gasteiger partial charge < -0.3 is 0 Å². The SMILES string of the molecule is CC1CCC12CCC(c1ccnc3ccc(F)cc13)CC2. The summed E-state index contributed by atoms with van der Waals surface area (Å²) in [7, 11) is 0. The molecule has 2 heteroatoms. The van der Waals surface area contributed by atoms with E-state index in [9.17, 15) is 4.39 Å². The van der Waals surface area contributed by atoms with Crippen LogP contribution in [0.4, 0.5) is 4.39 Å². The van der Waals surface area contributed by atoms with Gasteiger partial charge in [0.15, 0.2) is 0 Å². The Morgan fingerprint density at radius 2 is 1.86 bits per heavy atom. The molecule has 1 aromatic carbocycles. The standard InChI is InChI=1S/C19H22FN/c1-13-4-8-19(13)9-5-14(6-10-19)16-7-11-21-18-3-2-15(20)12-17(16)18/h2-3,7,11-14H,4-6,8-10H2,1H3. The molecule has 21 heavy (non-hydrogen) atoms. The molecule has 2 saturated carbocycles. The van der Waals surface area contributed by atoms with Crippen LogP contribution in [0, 0.1) is 17.2 Å². The average molecular weight is 283 g/mol. The molecule has 110 valence electrons. The van der Waals surface area contributed by atoms with Gasteiger partial charge in [-0.05, 0) is 85.6 Å². The maximum absolute atomic E-state index is 13.6. The van der Waals surface area contributed by atoms with Crippen molar-refractivity contribution in [3.8, 4) is 0 Å². The van der Waals surface area contributed by atoms with Crippen molar-refractivity contribution in [2.24, 2.45) is 11.3 Å². The Kier molecular flexibility index (Phi) is 3.02. The second-order valence-corrected chi connectivity index (χ2v) is 7.14. The van der Waals surface area contributed by atoms with E-state index in [1.54, 1.807) is 12.1 Å². The lowest BCUT2D eigenvalue weighted by Gasteiger charge is -2.52. The van der Waals surface area contributed by atoms with Crippen molar-refractivity contribution < 1.29 is 4.39 Å². The summed E-state index contributed by atoms with van der Waals surface area (Å²) < 4.78 is 13.6. The predicted molar refractivity (Wildman–Crippen MR) is 83.7 cm³/mol. The third kappa shape index (κ3) is 2.07. The van der Waals surface area contributed by atoms with E-state index >= 15 is 0 Å². The minimum Gasteiger partial charge on any atom is -0.256 e. The highest BCUT2D eigenvalue weighted by atomic mass is 19.1. The first-order valence-electron chi connectivity index (χ1n) is 8.22. The van der Waals surface area contributed by atoms with Crippen LogP contribution < -0.4 is 0 Å². The van der Waals surface area contributed by atoms with Crippen LogP contribution in [-0.2, 0) is 0 Å². The zero-order chi connectivity index (χ0) is 14.4. The third-order valence-corrected chi connectivity index (χ3v) is 6.28. The predicted octanol–water partition coefficient (Wildman–Crippen LogP) is 5.45. The van der Waals surface area contributed by atoms with E-state index in [1.807, 2.05) is 6.20 Å². The molecule has 1 atom stereocenters. The van der Waals surface area contributed by atoms with Gasteiger partial charge in [0.05, 0.1) is 5.52 Å². The second-order valence-electron chi connectivity index (χ2n) is 7.14. The molecule has 0 aliphatic heterocycles. The molecule has 1 spiro atoms. The maximum Gasteiger partial charge on any atom is 0.123 e. The normalized spacial score (nSPS) is 32.3. The summed E-state index contributed by atoms with van der Waals surface area (Å²) in [6.45, 7) is 2.42. The minimum atomic E-state index is -0.156.